The topological polar surface area (TPSA) is 79.6 Å². The van der Waals surface area contributed by atoms with Crippen molar-refractivity contribution in [3.05, 3.63) is 131 Å². The molecule has 4 rings (SSSR count). The largest absolute Gasteiger partial charge is 0.478 e. The first kappa shape index (κ1) is 21.1. The summed E-state index contributed by atoms with van der Waals surface area (Å²) < 4.78 is 0. The van der Waals surface area contributed by atoms with E-state index in [1.807, 2.05) is 60.7 Å². The van der Waals surface area contributed by atoms with Gasteiger partial charge in [-0.1, -0.05) is 71.9 Å². The summed E-state index contributed by atoms with van der Waals surface area (Å²) in [6.07, 6.45) is 3.88. The molecule has 2 atom stereocenters. The van der Waals surface area contributed by atoms with Crippen molar-refractivity contribution in [2.45, 2.75) is 18.4 Å². The average Bonchev–Trinajstić information content (AvgIpc) is 2.86. The molecule has 5 heteroatoms. The fraction of sp³-hybridized carbons (Fsp3) is 0.111. The van der Waals surface area contributed by atoms with Crippen molar-refractivity contribution >= 4 is 5.97 Å². The molecule has 158 valence electrons. The quantitative estimate of drug-likeness (QED) is 0.330. The summed E-state index contributed by atoms with van der Waals surface area (Å²) in [6, 6.07) is 28.2. The second kappa shape index (κ2) is 9.79. The van der Waals surface area contributed by atoms with E-state index in [1.54, 1.807) is 30.6 Å². The zero-order valence-electron chi connectivity index (χ0n) is 17.3. The predicted molar refractivity (Wildman–Crippen MR) is 125 cm³/mol. The molecule has 0 saturated heterocycles. The first-order valence-corrected chi connectivity index (χ1v) is 10.4. The minimum atomic E-state index is -0.948. The van der Waals surface area contributed by atoms with Crippen LogP contribution in [0.15, 0.2) is 109 Å². The lowest BCUT2D eigenvalue weighted by molar-refractivity contribution is 0.0697. The molecule has 1 N–H and O–H groups in total. The van der Waals surface area contributed by atoms with Gasteiger partial charge in [-0.15, -0.1) is 0 Å². The first-order chi connectivity index (χ1) is 15.7. The van der Waals surface area contributed by atoms with Gasteiger partial charge >= 0.3 is 5.97 Å². The maximum atomic E-state index is 11.7. The molecule has 32 heavy (non-hydrogen) atoms. The van der Waals surface area contributed by atoms with Crippen LogP contribution < -0.4 is 0 Å². The molecule has 0 aliphatic carbocycles. The second-order valence-corrected chi connectivity index (χ2v) is 7.61. The summed E-state index contributed by atoms with van der Waals surface area (Å²) in [4.78, 5) is 27.0. The minimum Gasteiger partial charge on any atom is -0.478 e. The Hall–Kier alpha value is -4.12. The third-order valence-corrected chi connectivity index (χ3v) is 5.63. The van der Waals surface area contributed by atoms with Crippen molar-refractivity contribution in [1.82, 2.24) is 4.98 Å². The SMILES string of the molecule is O=NC(CC(c1ccccc1)c1ccc(-c2cccc(C(=O)O)c2)cc1)c1ccncc1. The fourth-order valence-corrected chi connectivity index (χ4v) is 3.94. The fourth-order valence-electron chi connectivity index (χ4n) is 3.94. The van der Waals surface area contributed by atoms with Gasteiger partial charge in [0.2, 0.25) is 0 Å². The minimum absolute atomic E-state index is 0.0218. The van der Waals surface area contributed by atoms with Crippen LogP contribution in [0.4, 0.5) is 0 Å². The van der Waals surface area contributed by atoms with Gasteiger partial charge in [-0.3, -0.25) is 4.98 Å². The molecule has 5 nitrogen and oxygen atoms in total. The van der Waals surface area contributed by atoms with Crippen molar-refractivity contribution in [2.75, 3.05) is 0 Å². The number of hydrogen-bond acceptors (Lipinski definition) is 4. The number of nitrogens with zero attached hydrogens (tertiary/aromatic N) is 2. The molecule has 1 aromatic heterocycles. The molecule has 0 radical (unpaired) electrons. The number of aromatic carboxylic acids is 1. The first-order valence-electron chi connectivity index (χ1n) is 10.4. The standard InChI is InChI=1S/C27H22N2O3/c30-27(31)24-8-4-7-23(17-24)19-9-11-21(12-10-19)25(20-5-2-1-3-6-20)18-26(29-32)22-13-15-28-16-14-22/h1-17,25-26H,18H2,(H,30,31). The van der Waals surface area contributed by atoms with Crippen LogP contribution in [0, 0.1) is 4.91 Å². The van der Waals surface area contributed by atoms with Gasteiger partial charge in [0.25, 0.3) is 0 Å². The smallest absolute Gasteiger partial charge is 0.335 e. The zero-order valence-corrected chi connectivity index (χ0v) is 17.3. The van der Waals surface area contributed by atoms with Crippen molar-refractivity contribution in [3.63, 3.8) is 0 Å². The highest BCUT2D eigenvalue weighted by atomic mass is 16.4. The maximum Gasteiger partial charge on any atom is 0.335 e. The van der Waals surface area contributed by atoms with Gasteiger partial charge in [-0.05, 0) is 58.5 Å². The van der Waals surface area contributed by atoms with Crippen LogP contribution in [-0.2, 0) is 0 Å². The molecule has 3 aromatic carbocycles. The van der Waals surface area contributed by atoms with Crippen LogP contribution in [-0.4, -0.2) is 16.1 Å². The van der Waals surface area contributed by atoms with Gasteiger partial charge < -0.3 is 5.11 Å². The van der Waals surface area contributed by atoms with Crippen molar-refractivity contribution in [1.29, 1.82) is 0 Å². The van der Waals surface area contributed by atoms with E-state index in [9.17, 15) is 14.8 Å². The van der Waals surface area contributed by atoms with E-state index in [-0.39, 0.29) is 11.5 Å². The summed E-state index contributed by atoms with van der Waals surface area (Å²) in [5.74, 6) is -0.970. The Kier molecular flexibility index (Phi) is 6.46. The van der Waals surface area contributed by atoms with Crippen molar-refractivity contribution in [2.24, 2.45) is 5.18 Å². The monoisotopic (exact) mass is 422 g/mol. The predicted octanol–water partition coefficient (Wildman–Crippen LogP) is 6.48. The number of benzene rings is 3. The molecule has 0 aliphatic heterocycles. The van der Waals surface area contributed by atoms with Crippen LogP contribution in [0.2, 0.25) is 0 Å². The van der Waals surface area contributed by atoms with Gasteiger partial charge in [-0.2, -0.15) is 4.91 Å². The molecule has 0 fully saturated rings. The number of aromatic nitrogens is 1. The molecule has 0 bridgehead atoms. The van der Waals surface area contributed by atoms with Gasteiger partial charge in [0.1, 0.15) is 6.04 Å². The number of nitroso groups, excluding NO2 is 1. The number of carboxylic acids is 1. The van der Waals surface area contributed by atoms with Gasteiger partial charge in [0.15, 0.2) is 0 Å². The summed E-state index contributed by atoms with van der Waals surface area (Å²) in [5.41, 5.74) is 5.05. The van der Waals surface area contributed by atoms with E-state index < -0.39 is 12.0 Å². The average molecular weight is 422 g/mol. The summed E-state index contributed by atoms with van der Waals surface area (Å²) in [6.45, 7) is 0. The van der Waals surface area contributed by atoms with Crippen LogP contribution in [0.3, 0.4) is 0 Å². The van der Waals surface area contributed by atoms with Crippen LogP contribution in [0.25, 0.3) is 11.1 Å². The van der Waals surface area contributed by atoms with E-state index >= 15 is 0 Å². The summed E-state index contributed by atoms with van der Waals surface area (Å²) in [7, 11) is 0. The lowest BCUT2D eigenvalue weighted by Gasteiger charge is -2.21. The number of rotatable bonds is 8. The Morgan fingerprint density at radius 3 is 2.12 bits per heavy atom. The second-order valence-electron chi connectivity index (χ2n) is 7.61. The normalized spacial score (nSPS) is 12.6. The highest BCUT2D eigenvalue weighted by Crippen LogP contribution is 2.36. The summed E-state index contributed by atoms with van der Waals surface area (Å²) >= 11 is 0. The molecule has 1 heterocycles. The molecule has 0 aliphatic rings. The molecule has 2 unspecified atom stereocenters. The number of pyridine rings is 1. The van der Waals surface area contributed by atoms with Crippen molar-refractivity contribution in [3.8, 4) is 11.1 Å². The van der Waals surface area contributed by atoms with Crippen molar-refractivity contribution < 1.29 is 9.90 Å². The number of carboxylic acid groups (broad SMARTS) is 1. The van der Waals surface area contributed by atoms with Crippen LogP contribution in [0.5, 0.6) is 0 Å². The van der Waals surface area contributed by atoms with Gasteiger partial charge in [-0.25, -0.2) is 4.79 Å². The number of carbonyl (C=O) groups is 1. The molecule has 0 saturated carbocycles. The Morgan fingerprint density at radius 1 is 0.781 bits per heavy atom. The Balaban J connectivity index is 1.67. The molecule has 4 aromatic rings. The Bertz CT molecular complexity index is 1190. The third kappa shape index (κ3) is 4.78. The van der Waals surface area contributed by atoms with E-state index in [0.717, 1.165) is 27.8 Å². The van der Waals surface area contributed by atoms with E-state index in [0.29, 0.717) is 6.42 Å². The highest BCUT2D eigenvalue weighted by molar-refractivity contribution is 5.89. The van der Waals surface area contributed by atoms with E-state index in [4.69, 9.17) is 0 Å². The Morgan fingerprint density at radius 2 is 1.47 bits per heavy atom. The number of hydrogen-bond donors (Lipinski definition) is 1. The Labute approximate surface area is 186 Å². The third-order valence-electron chi connectivity index (χ3n) is 5.63. The van der Waals surface area contributed by atoms with E-state index in [2.05, 4.69) is 22.3 Å². The highest BCUT2D eigenvalue weighted by Gasteiger charge is 2.22. The molecule has 0 amide bonds. The molecular weight excluding hydrogens is 400 g/mol. The van der Waals surface area contributed by atoms with Gasteiger partial charge in [0, 0.05) is 18.3 Å². The molecule has 0 spiro atoms. The lowest BCUT2D eigenvalue weighted by atomic mass is 9.84. The lowest BCUT2D eigenvalue weighted by Crippen LogP contribution is -2.07. The van der Waals surface area contributed by atoms with E-state index in [1.165, 1.54) is 0 Å². The zero-order chi connectivity index (χ0) is 22.3. The maximum absolute atomic E-state index is 11.7. The van der Waals surface area contributed by atoms with Crippen LogP contribution in [0.1, 0.15) is 45.4 Å². The summed E-state index contributed by atoms with van der Waals surface area (Å²) in [5, 5.41) is 12.7. The van der Waals surface area contributed by atoms with Gasteiger partial charge in [0.05, 0.1) is 5.56 Å². The van der Waals surface area contributed by atoms with Crippen LogP contribution >= 0.6 is 0 Å². The molecular formula is C27H22N2O3.